The first-order chi connectivity index (χ1) is 23.6. The Morgan fingerprint density at radius 3 is 1.53 bits per heavy atom. The third-order valence-electron chi connectivity index (χ3n) is 9.48. The number of unbranched alkanes of at least 4 members (excludes halogenated alkanes) is 16. The normalized spacial score (nSPS) is 30.0. The summed E-state index contributed by atoms with van der Waals surface area (Å²) in [7, 11) is 0. The van der Waals surface area contributed by atoms with E-state index in [0.29, 0.717) is 12.8 Å². The van der Waals surface area contributed by atoms with Crippen LogP contribution in [0.25, 0.3) is 0 Å². The van der Waals surface area contributed by atoms with Gasteiger partial charge in [0.1, 0.15) is 55.9 Å². The molecular formula is C36H66O13. The summed E-state index contributed by atoms with van der Waals surface area (Å²) in [6.07, 6.45) is 6.50. The molecular weight excluding hydrogens is 640 g/mol. The van der Waals surface area contributed by atoms with Crippen LogP contribution in [0.15, 0.2) is 0 Å². The number of aliphatic hydroxyl groups excluding tert-OH is 6. The molecule has 0 aromatic heterocycles. The zero-order valence-electron chi connectivity index (χ0n) is 29.9. The molecule has 2 fully saturated rings. The van der Waals surface area contributed by atoms with Gasteiger partial charge in [-0.05, 0) is 12.8 Å². The van der Waals surface area contributed by atoms with Gasteiger partial charge < -0.3 is 54.3 Å². The Hall–Kier alpha value is -1.42. The van der Waals surface area contributed by atoms with Crippen LogP contribution in [0.2, 0.25) is 0 Å². The highest BCUT2D eigenvalue weighted by Crippen LogP contribution is 2.37. The van der Waals surface area contributed by atoms with Crippen molar-refractivity contribution in [2.24, 2.45) is 0 Å². The van der Waals surface area contributed by atoms with E-state index in [1.807, 2.05) is 0 Å². The summed E-state index contributed by atoms with van der Waals surface area (Å²) < 4.78 is 27.8. The molecule has 288 valence electrons. The van der Waals surface area contributed by atoms with E-state index in [1.54, 1.807) is 0 Å². The standard InChI is InChI=1S/C36H66O13/c1-3-5-7-9-11-13-15-17-19-21-28(38)45-24-27-30(40)32(42)33(43)35(47-27)49-36(34(44)31(41)26(23-37)48-36)25-46-29(39)22-20-18-16-14-12-10-8-6-4-2/h26-27,30-35,37,40-44H,3-25H2,1-2H3/t26-,27-,30-,31-,32+,33-,34+,35-,36+/m1/s1. The molecule has 2 aliphatic rings. The van der Waals surface area contributed by atoms with Crippen molar-refractivity contribution in [1.29, 1.82) is 0 Å². The van der Waals surface area contributed by atoms with Crippen molar-refractivity contribution in [1.82, 2.24) is 0 Å². The molecule has 2 aliphatic heterocycles. The highest BCUT2D eigenvalue weighted by molar-refractivity contribution is 5.69. The molecule has 0 unspecified atom stereocenters. The second-order valence-electron chi connectivity index (χ2n) is 13.7. The van der Waals surface area contributed by atoms with E-state index in [9.17, 15) is 40.2 Å². The summed E-state index contributed by atoms with van der Waals surface area (Å²) in [5.74, 6) is -3.39. The highest BCUT2D eigenvalue weighted by Gasteiger charge is 2.59. The minimum atomic E-state index is -2.29. The lowest BCUT2D eigenvalue weighted by atomic mass is 9.99. The van der Waals surface area contributed by atoms with E-state index >= 15 is 0 Å². The molecule has 0 bridgehead atoms. The molecule has 13 heteroatoms. The van der Waals surface area contributed by atoms with Crippen molar-refractivity contribution < 1.29 is 63.9 Å². The predicted molar refractivity (Wildman–Crippen MR) is 180 cm³/mol. The largest absolute Gasteiger partial charge is 0.463 e. The first-order valence-electron chi connectivity index (χ1n) is 18.9. The minimum Gasteiger partial charge on any atom is -0.463 e. The zero-order valence-corrected chi connectivity index (χ0v) is 29.9. The number of rotatable bonds is 27. The van der Waals surface area contributed by atoms with Gasteiger partial charge in [-0.1, -0.05) is 117 Å². The number of ether oxygens (including phenoxy) is 5. The first-order valence-corrected chi connectivity index (χ1v) is 18.9. The molecule has 6 N–H and O–H groups in total. The maximum absolute atomic E-state index is 12.6. The number of carbonyl (C=O) groups is 2. The molecule has 0 saturated carbocycles. The fourth-order valence-corrected chi connectivity index (χ4v) is 6.26. The van der Waals surface area contributed by atoms with Crippen LogP contribution in [0.1, 0.15) is 142 Å². The quantitative estimate of drug-likeness (QED) is 0.0536. The first kappa shape index (κ1) is 43.7. The molecule has 0 amide bonds. The van der Waals surface area contributed by atoms with Crippen molar-refractivity contribution >= 4 is 11.9 Å². The maximum atomic E-state index is 12.6. The Labute approximate surface area is 292 Å². The molecule has 0 spiro atoms. The van der Waals surface area contributed by atoms with E-state index in [1.165, 1.54) is 57.8 Å². The Bertz CT molecular complexity index is 891. The Balaban J connectivity index is 1.88. The number of esters is 2. The molecule has 0 aromatic carbocycles. The smallest absolute Gasteiger partial charge is 0.305 e. The van der Waals surface area contributed by atoms with Crippen molar-refractivity contribution in [3.05, 3.63) is 0 Å². The molecule has 13 nitrogen and oxygen atoms in total. The lowest BCUT2D eigenvalue weighted by Gasteiger charge is -2.43. The summed E-state index contributed by atoms with van der Waals surface area (Å²) in [4.78, 5) is 25.0. The predicted octanol–water partition coefficient (Wildman–Crippen LogP) is 3.55. The van der Waals surface area contributed by atoms with Crippen LogP contribution in [0, 0.1) is 0 Å². The van der Waals surface area contributed by atoms with Gasteiger partial charge >= 0.3 is 11.9 Å². The Kier molecular flexibility index (Phi) is 22.1. The van der Waals surface area contributed by atoms with Gasteiger partial charge in [-0.15, -0.1) is 0 Å². The number of hydrogen-bond donors (Lipinski definition) is 6. The van der Waals surface area contributed by atoms with Crippen molar-refractivity contribution in [3.63, 3.8) is 0 Å². The van der Waals surface area contributed by atoms with E-state index in [4.69, 9.17) is 23.7 Å². The molecule has 2 heterocycles. The zero-order chi connectivity index (χ0) is 36.1. The highest BCUT2D eigenvalue weighted by atomic mass is 16.8. The topological polar surface area (TPSA) is 202 Å². The summed E-state index contributed by atoms with van der Waals surface area (Å²) in [5, 5.41) is 62.9. The van der Waals surface area contributed by atoms with Gasteiger partial charge in [0.05, 0.1) is 6.61 Å². The summed E-state index contributed by atoms with van der Waals surface area (Å²) in [6.45, 7) is 2.49. The van der Waals surface area contributed by atoms with Gasteiger partial charge in [-0.3, -0.25) is 9.59 Å². The summed E-state index contributed by atoms with van der Waals surface area (Å²) in [6, 6.07) is 0. The van der Waals surface area contributed by atoms with Crippen LogP contribution in [0.5, 0.6) is 0 Å². The van der Waals surface area contributed by atoms with Gasteiger partial charge in [0, 0.05) is 12.8 Å². The van der Waals surface area contributed by atoms with Gasteiger partial charge in [-0.25, -0.2) is 0 Å². The third kappa shape index (κ3) is 15.4. The number of hydrogen-bond acceptors (Lipinski definition) is 13. The third-order valence-corrected chi connectivity index (χ3v) is 9.48. The van der Waals surface area contributed by atoms with Gasteiger partial charge in [-0.2, -0.15) is 0 Å². The van der Waals surface area contributed by atoms with E-state index in [-0.39, 0.29) is 12.8 Å². The number of carbonyl (C=O) groups excluding carboxylic acids is 2. The van der Waals surface area contributed by atoms with Crippen molar-refractivity contribution in [2.75, 3.05) is 19.8 Å². The Morgan fingerprint density at radius 2 is 1.06 bits per heavy atom. The number of aliphatic hydroxyl groups is 6. The molecule has 2 saturated heterocycles. The van der Waals surface area contributed by atoms with Crippen LogP contribution >= 0.6 is 0 Å². The average Bonchev–Trinajstić information content (AvgIpc) is 3.33. The second kappa shape index (κ2) is 24.7. The minimum absolute atomic E-state index is 0.105. The fourth-order valence-electron chi connectivity index (χ4n) is 6.26. The monoisotopic (exact) mass is 706 g/mol. The lowest BCUT2D eigenvalue weighted by molar-refractivity contribution is -0.383. The molecule has 49 heavy (non-hydrogen) atoms. The van der Waals surface area contributed by atoms with E-state index in [2.05, 4.69) is 13.8 Å². The maximum Gasteiger partial charge on any atom is 0.305 e. The molecule has 0 radical (unpaired) electrons. The molecule has 9 atom stereocenters. The van der Waals surface area contributed by atoms with Crippen LogP contribution < -0.4 is 0 Å². The van der Waals surface area contributed by atoms with Crippen LogP contribution in [-0.2, 0) is 33.3 Å². The second-order valence-corrected chi connectivity index (χ2v) is 13.7. The van der Waals surface area contributed by atoms with E-state index in [0.717, 1.165) is 44.9 Å². The average molecular weight is 707 g/mol. The van der Waals surface area contributed by atoms with Gasteiger partial charge in [0.25, 0.3) is 0 Å². The summed E-state index contributed by atoms with van der Waals surface area (Å²) in [5.41, 5.74) is 0. The van der Waals surface area contributed by atoms with Crippen molar-refractivity contribution in [3.8, 4) is 0 Å². The van der Waals surface area contributed by atoms with Gasteiger partial charge in [0.15, 0.2) is 6.29 Å². The fraction of sp³-hybridized carbons (Fsp3) is 0.944. The molecule has 0 aliphatic carbocycles. The molecule has 0 aromatic rings. The lowest BCUT2D eigenvalue weighted by Crippen LogP contribution is -2.63. The van der Waals surface area contributed by atoms with Crippen LogP contribution in [-0.4, -0.2) is 117 Å². The van der Waals surface area contributed by atoms with Gasteiger partial charge in [0.2, 0.25) is 5.79 Å². The SMILES string of the molecule is CCCCCCCCCCCC(=O)OC[C@H]1O[C@H](O[C@]2(COC(=O)CCCCCCCCCCC)O[C@H](CO)[C@@H](O)[C@@H]2O)[C@H](O)[C@@H](O)[C@@H]1O. The Morgan fingerprint density at radius 1 is 0.592 bits per heavy atom. The molecule has 2 rings (SSSR count). The van der Waals surface area contributed by atoms with Crippen LogP contribution in [0.3, 0.4) is 0 Å². The van der Waals surface area contributed by atoms with Crippen LogP contribution in [0.4, 0.5) is 0 Å². The summed E-state index contributed by atoms with van der Waals surface area (Å²) >= 11 is 0. The van der Waals surface area contributed by atoms with Crippen molar-refractivity contribution in [2.45, 2.75) is 197 Å². The van der Waals surface area contributed by atoms with E-state index < -0.39 is 86.6 Å².